The SMILES string of the molecule is CC(C)(C)[S+]([O-])/N=C/Cc1sccc1Br. The maximum Gasteiger partial charge on any atom is 0.144 e. The van der Waals surface area contributed by atoms with E-state index in [9.17, 15) is 4.55 Å². The third-order valence-electron chi connectivity index (χ3n) is 1.66. The summed E-state index contributed by atoms with van der Waals surface area (Å²) in [5.41, 5.74) is 0. The maximum atomic E-state index is 11.6. The first-order valence-corrected chi connectivity index (χ1v) is 7.35. The zero-order chi connectivity index (χ0) is 11.5. The van der Waals surface area contributed by atoms with E-state index in [4.69, 9.17) is 0 Å². The van der Waals surface area contributed by atoms with Gasteiger partial charge >= 0.3 is 0 Å². The second kappa shape index (κ2) is 5.48. The van der Waals surface area contributed by atoms with Crippen LogP contribution in [-0.2, 0) is 17.8 Å². The largest absolute Gasteiger partial charge is 0.591 e. The van der Waals surface area contributed by atoms with Gasteiger partial charge in [-0.15, -0.1) is 11.3 Å². The molecule has 1 atom stereocenters. The molecular formula is C10H14BrNOS2. The van der Waals surface area contributed by atoms with Crippen LogP contribution in [0.5, 0.6) is 0 Å². The molecule has 0 aliphatic heterocycles. The van der Waals surface area contributed by atoms with Crippen molar-refractivity contribution in [2.75, 3.05) is 0 Å². The predicted molar refractivity (Wildman–Crippen MR) is 72.1 cm³/mol. The maximum absolute atomic E-state index is 11.6. The number of hydrogen-bond acceptors (Lipinski definition) is 3. The van der Waals surface area contributed by atoms with Crippen LogP contribution >= 0.6 is 27.3 Å². The molecule has 2 nitrogen and oxygen atoms in total. The highest BCUT2D eigenvalue weighted by molar-refractivity contribution is 9.10. The molecule has 1 heterocycles. The van der Waals surface area contributed by atoms with Crippen molar-refractivity contribution >= 4 is 44.8 Å². The van der Waals surface area contributed by atoms with Gasteiger partial charge in [0.25, 0.3) is 0 Å². The lowest BCUT2D eigenvalue weighted by Crippen LogP contribution is -2.25. The quantitative estimate of drug-likeness (QED) is 0.621. The van der Waals surface area contributed by atoms with Crippen molar-refractivity contribution in [1.82, 2.24) is 0 Å². The summed E-state index contributed by atoms with van der Waals surface area (Å²) in [5.74, 6) is 0. The van der Waals surface area contributed by atoms with Crippen LogP contribution in [0.15, 0.2) is 20.3 Å². The lowest BCUT2D eigenvalue weighted by atomic mass is 10.3. The molecule has 0 aromatic carbocycles. The summed E-state index contributed by atoms with van der Waals surface area (Å²) in [6.45, 7) is 5.75. The Hall–Kier alpha value is 0.160. The van der Waals surface area contributed by atoms with Crippen molar-refractivity contribution in [3.8, 4) is 0 Å². The van der Waals surface area contributed by atoms with Gasteiger partial charge in [0.15, 0.2) is 0 Å². The lowest BCUT2D eigenvalue weighted by Gasteiger charge is -2.17. The third kappa shape index (κ3) is 4.26. The molecule has 5 heteroatoms. The molecule has 0 saturated heterocycles. The van der Waals surface area contributed by atoms with E-state index >= 15 is 0 Å². The number of rotatable bonds is 3. The van der Waals surface area contributed by atoms with E-state index in [1.54, 1.807) is 17.6 Å². The van der Waals surface area contributed by atoms with Gasteiger partial charge < -0.3 is 4.55 Å². The summed E-state index contributed by atoms with van der Waals surface area (Å²) >= 11 is 3.97. The molecule has 1 unspecified atom stereocenters. The van der Waals surface area contributed by atoms with E-state index in [1.165, 1.54) is 4.88 Å². The van der Waals surface area contributed by atoms with Crippen molar-refractivity contribution in [2.45, 2.75) is 31.9 Å². The molecule has 0 fully saturated rings. The van der Waals surface area contributed by atoms with E-state index in [1.807, 2.05) is 32.2 Å². The first-order valence-electron chi connectivity index (χ1n) is 4.57. The normalized spacial score (nSPS) is 14.7. The van der Waals surface area contributed by atoms with Gasteiger partial charge in [0, 0.05) is 15.8 Å². The van der Waals surface area contributed by atoms with E-state index in [2.05, 4.69) is 20.3 Å². The standard InChI is InChI=1S/C10H14BrNOS2/c1-10(2,3)15(13)12-6-4-9-8(11)5-7-14-9/h5-7H,4H2,1-3H3/b12-6+. The third-order valence-corrected chi connectivity index (χ3v) is 5.00. The molecule has 0 spiro atoms. The zero-order valence-electron chi connectivity index (χ0n) is 8.99. The number of halogens is 1. The van der Waals surface area contributed by atoms with Gasteiger partial charge in [0.1, 0.15) is 16.1 Å². The fourth-order valence-electron chi connectivity index (χ4n) is 0.817. The van der Waals surface area contributed by atoms with Crippen LogP contribution in [-0.4, -0.2) is 15.5 Å². The second-order valence-corrected chi connectivity index (χ2v) is 7.83. The van der Waals surface area contributed by atoms with Crippen LogP contribution in [0.25, 0.3) is 0 Å². The highest BCUT2D eigenvalue weighted by Gasteiger charge is 2.25. The molecule has 0 N–H and O–H groups in total. The highest BCUT2D eigenvalue weighted by Crippen LogP contribution is 2.23. The molecular weight excluding hydrogens is 294 g/mol. The Balaban J connectivity index is 2.51. The molecule has 1 aromatic heterocycles. The molecule has 15 heavy (non-hydrogen) atoms. The van der Waals surface area contributed by atoms with E-state index in [0.717, 1.165) is 10.9 Å². The summed E-state index contributed by atoms with van der Waals surface area (Å²) in [6.07, 6.45) is 2.47. The van der Waals surface area contributed by atoms with Gasteiger partial charge in [0.2, 0.25) is 0 Å². The zero-order valence-corrected chi connectivity index (χ0v) is 12.2. The van der Waals surface area contributed by atoms with Crippen molar-refractivity contribution in [3.63, 3.8) is 0 Å². The Labute approximate surface area is 106 Å². The molecule has 0 radical (unpaired) electrons. The van der Waals surface area contributed by atoms with Crippen LogP contribution in [0.2, 0.25) is 0 Å². The van der Waals surface area contributed by atoms with Gasteiger partial charge in [0.05, 0.1) is 6.21 Å². The van der Waals surface area contributed by atoms with Crippen molar-refractivity contribution in [1.29, 1.82) is 0 Å². The number of thiophene rings is 1. The van der Waals surface area contributed by atoms with Crippen molar-refractivity contribution in [2.24, 2.45) is 4.40 Å². The minimum atomic E-state index is -1.15. The summed E-state index contributed by atoms with van der Waals surface area (Å²) < 4.78 is 16.5. The molecule has 0 saturated carbocycles. The van der Waals surface area contributed by atoms with Crippen molar-refractivity contribution in [3.05, 3.63) is 20.8 Å². The number of nitrogens with zero attached hydrogens (tertiary/aromatic N) is 1. The molecule has 1 rings (SSSR count). The van der Waals surface area contributed by atoms with Gasteiger partial charge in [-0.3, -0.25) is 0 Å². The molecule has 1 aromatic rings. The van der Waals surface area contributed by atoms with Crippen LogP contribution in [0, 0.1) is 0 Å². The van der Waals surface area contributed by atoms with E-state index in [-0.39, 0.29) is 4.75 Å². The fraction of sp³-hybridized carbons (Fsp3) is 0.500. The smallest absolute Gasteiger partial charge is 0.144 e. The van der Waals surface area contributed by atoms with Gasteiger partial charge in [-0.25, -0.2) is 0 Å². The van der Waals surface area contributed by atoms with Crippen LogP contribution < -0.4 is 0 Å². The van der Waals surface area contributed by atoms with Crippen LogP contribution in [0.3, 0.4) is 0 Å². The Bertz CT molecular complexity index is 343. The number of hydrogen-bond donors (Lipinski definition) is 0. The summed E-state index contributed by atoms with van der Waals surface area (Å²) in [6, 6.07) is 2.01. The van der Waals surface area contributed by atoms with Crippen LogP contribution in [0.1, 0.15) is 25.6 Å². The average Bonchev–Trinajstić information content (AvgIpc) is 2.50. The van der Waals surface area contributed by atoms with Gasteiger partial charge in [-0.05, 0) is 48.1 Å². The summed E-state index contributed by atoms with van der Waals surface area (Å²) in [5, 5.41) is 2.02. The summed E-state index contributed by atoms with van der Waals surface area (Å²) in [7, 11) is 0. The van der Waals surface area contributed by atoms with E-state index < -0.39 is 11.4 Å². The average molecular weight is 308 g/mol. The first-order chi connectivity index (χ1) is 6.91. The Morgan fingerprint density at radius 2 is 2.27 bits per heavy atom. The molecule has 0 bridgehead atoms. The highest BCUT2D eigenvalue weighted by atomic mass is 79.9. The van der Waals surface area contributed by atoms with Crippen molar-refractivity contribution < 1.29 is 4.55 Å². The van der Waals surface area contributed by atoms with Gasteiger partial charge in [-0.1, -0.05) is 4.40 Å². The minimum Gasteiger partial charge on any atom is -0.591 e. The molecule has 0 amide bonds. The lowest BCUT2D eigenvalue weighted by molar-refractivity contribution is 0.561. The molecule has 0 aliphatic carbocycles. The summed E-state index contributed by atoms with van der Waals surface area (Å²) in [4.78, 5) is 1.21. The topological polar surface area (TPSA) is 35.4 Å². The Morgan fingerprint density at radius 1 is 1.60 bits per heavy atom. The Kier molecular flexibility index (Phi) is 4.83. The predicted octanol–water partition coefficient (Wildman–Crippen LogP) is 3.59. The fourth-order valence-corrected chi connectivity index (χ4v) is 2.81. The second-order valence-electron chi connectivity index (χ2n) is 4.05. The van der Waals surface area contributed by atoms with E-state index in [0.29, 0.717) is 0 Å². The minimum absolute atomic E-state index is 0.275. The monoisotopic (exact) mass is 307 g/mol. The Morgan fingerprint density at radius 3 is 2.73 bits per heavy atom. The first kappa shape index (κ1) is 13.2. The van der Waals surface area contributed by atoms with Crippen LogP contribution in [0.4, 0.5) is 0 Å². The van der Waals surface area contributed by atoms with Gasteiger partial charge in [-0.2, -0.15) is 0 Å². The molecule has 84 valence electrons. The molecule has 0 aliphatic rings.